The maximum atomic E-state index is 13.3. The zero-order chi connectivity index (χ0) is 12.5. The van der Waals surface area contributed by atoms with E-state index in [1.807, 2.05) is 0 Å². The summed E-state index contributed by atoms with van der Waals surface area (Å²) in [6.07, 6.45) is 1.25. The van der Waals surface area contributed by atoms with Crippen molar-refractivity contribution >= 4 is 5.82 Å². The standard InChI is InChI=1S/C12H16F2N2O/c13-12(14)5-1-3-8(7-12)10(17)9-4-2-6-16-11(9)15/h2,4,6,8,10,17H,1,3,5,7H2,(H2,15,16). The molecule has 0 radical (unpaired) electrons. The molecule has 1 heterocycles. The topological polar surface area (TPSA) is 59.1 Å². The van der Waals surface area contributed by atoms with Crippen LogP contribution in [0.15, 0.2) is 18.3 Å². The first-order valence-electron chi connectivity index (χ1n) is 5.76. The lowest BCUT2D eigenvalue weighted by Crippen LogP contribution is -2.29. The van der Waals surface area contributed by atoms with Crippen molar-refractivity contribution < 1.29 is 13.9 Å². The highest BCUT2D eigenvalue weighted by Gasteiger charge is 2.39. The predicted octanol–water partition coefficient (Wildman–Crippen LogP) is 2.52. The second-order valence-corrected chi connectivity index (χ2v) is 4.64. The fraction of sp³-hybridized carbons (Fsp3) is 0.583. The van der Waals surface area contributed by atoms with Gasteiger partial charge in [-0.15, -0.1) is 0 Å². The average molecular weight is 242 g/mol. The Morgan fingerprint density at radius 3 is 2.94 bits per heavy atom. The number of halogens is 2. The van der Waals surface area contributed by atoms with Gasteiger partial charge in [0, 0.05) is 24.6 Å². The molecule has 5 heteroatoms. The smallest absolute Gasteiger partial charge is 0.248 e. The van der Waals surface area contributed by atoms with Gasteiger partial charge in [0.15, 0.2) is 0 Å². The van der Waals surface area contributed by atoms with Crippen molar-refractivity contribution in [3.63, 3.8) is 0 Å². The number of aromatic nitrogens is 1. The number of nitrogens with two attached hydrogens (primary N) is 1. The van der Waals surface area contributed by atoms with E-state index in [0.29, 0.717) is 18.4 Å². The fourth-order valence-corrected chi connectivity index (χ4v) is 2.41. The van der Waals surface area contributed by atoms with Crippen LogP contribution in [0.2, 0.25) is 0 Å². The number of hydrogen-bond acceptors (Lipinski definition) is 3. The number of aliphatic hydroxyl groups excluding tert-OH is 1. The van der Waals surface area contributed by atoms with Gasteiger partial charge in [-0.3, -0.25) is 0 Å². The molecule has 0 aliphatic heterocycles. The van der Waals surface area contributed by atoms with Crippen molar-refractivity contribution in [2.24, 2.45) is 5.92 Å². The molecule has 2 rings (SSSR count). The Kier molecular flexibility index (Phi) is 3.28. The number of nitrogen functional groups attached to an aromatic ring is 1. The molecular weight excluding hydrogens is 226 g/mol. The maximum absolute atomic E-state index is 13.3. The Hall–Kier alpha value is -1.23. The molecule has 3 nitrogen and oxygen atoms in total. The van der Waals surface area contributed by atoms with Crippen LogP contribution in [0.4, 0.5) is 14.6 Å². The van der Waals surface area contributed by atoms with Gasteiger partial charge in [-0.05, 0) is 24.8 Å². The van der Waals surface area contributed by atoms with Crippen molar-refractivity contribution in [1.82, 2.24) is 4.98 Å². The highest BCUT2D eigenvalue weighted by Crippen LogP contribution is 2.42. The number of aliphatic hydroxyl groups is 1. The van der Waals surface area contributed by atoms with Gasteiger partial charge in [-0.25, -0.2) is 13.8 Å². The van der Waals surface area contributed by atoms with E-state index in [9.17, 15) is 13.9 Å². The first-order valence-corrected chi connectivity index (χ1v) is 5.76. The summed E-state index contributed by atoms with van der Waals surface area (Å²) in [5.74, 6) is -2.89. The van der Waals surface area contributed by atoms with Gasteiger partial charge in [-0.1, -0.05) is 6.07 Å². The summed E-state index contributed by atoms with van der Waals surface area (Å²) in [6, 6.07) is 3.29. The summed E-state index contributed by atoms with van der Waals surface area (Å²) in [5.41, 5.74) is 6.09. The van der Waals surface area contributed by atoms with Crippen LogP contribution in [0.5, 0.6) is 0 Å². The van der Waals surface area contributed by atoms with Crippen LogP contribution in [0.1, 0.15) is 37.4 Å². The molecule has 0 saturated heterocycles. The van der Waals surface area contributed by atoms with Crippen LogP contribution in [0.25, 0.3) is 0 Å². The predicted molar refractivity (Wildman–Crippen MR) is 60.5 cm³/mol. The molecule has 1 aromatic rings. The molecule has 0 aromatic carbocycles. The lowest BCUT2D eigenvalue weighted by molar-refractivity contribution is -0.0760. The van der Waals surface area contributed by atoms with Gasteiger partial charge in [0.05, 0.1) is 6.10 Å². The number of pyridine rings is 1. The van der Waals surface area contributed by atoms with E-state index < -0.39 is 17.9 Å². The Balaban J connectivity index is 2.15. The highest BCUT2D eigenvalue weighted by molar-refractivity contribution is 5.40. The molecule has 0 spiro atoms. The van der Waals surface area contributed by atoms with E-state index in [2.05, 4.69) is 4.98 Å². The summed E-state index contributed by atoms with van der Waals surface area (Å²) < 4.78 is 26.5. The van der Waals surface area contributed by atoms with Crippen LogP contribution < -0.4 is 5.73 Å². The zero-order valence-corrected chi connectivity index (χ0v) is 9.44. The monoisotopic (exact) mass is 242 g/mol. The van der Waals surface area contributed by atoms with Crippen molar-refractivity contribution in [2.75, 3.05) is 5.73 Å². The molecule has 2 unspecified atom stereocenters. The third-order valence-corrected chi connectivity index (χ3v) is 3.31. The summed E-state index contributed by atoms with van der Waals surface area (Å²) >= 11 is 0. The largest absolute Gasteiger partial charge is 0.388 e. The van der Waals surface area contributed by atoms with Gasteiger partial charge >= 0.3 is 0 Å². The summed E-state index contributed by atoms with van der Waals surface area (Å²) in [6.45, 7) is 0. The molecule has 0 amide bonds. The zero-order valence-electron chi connectivity index (χ0n) is 9.44. The van der Waals surface area contributed by atoms with Crippen LogP contribution in [0.3, 0.4) is 0 Å². The Morgan fingerprint density at radius 1 is 1.53 bits per heavy atom. The number of hydrogen-bond donors (Lipinski definition) is 2. The fourth-order valence-electron chi connectivity index (χ4n) is 2.41. The molecule has 1 saturated carbocycles. The van der Waals surface area contributed by atoms with E-state index in [-0.39, 0.29) is 18.7 Å². The number of rotatable bonds is 2. The van der Waals surface area contributed by atoms with E-state index in [1.165, 1.54) is 6.20 Å². The van der Waals surface area contributed by atoms with Gasteiger partial charge < -0.3 is 10.8 Å². The Morgan fingerprint density at radius 2 is 2.29 bits per heavy atom. The number of alkyl halides is 2. The van der Waals surface area contributed by atoms with Crippen molar-refractivity contribution in [3.8, 4) is 0 Å². The lowest BCUT2D eigenvalue weighted by Gasteiger charge is -2.32. The van der Waals surface area contributed by atoms with Gasteiger partial charge in [0.1, 0.15) is 5.82 Å². The highest BCUT2D eigenvalue weighted by atomic mass is 19.3. The lowest BCUT2D eigenvalue weighted by atomic mass is 9.81. The third-order valence-electron chi connectivity index (χ3n) is 3.31. The van der Waals surface area contributed by atoms with Crippen LogP contribution in [-0.4, -0.2) is 16.0 Å². The molecule has 1 aliphatic carbocycles. The van der Waals surface area contributed by atoms with Crippen molar-refractivity contribution in [1.29, 1.82) is 0 Å². The van der Waals surface area contributed by atoms with E-state index >= 15 is 0 Å². The molecular formula is C12H16F2N2O. The second-order valence-electron chi connectivity index (χ2n) is 4.64. The molecule has 1 aliphatic rings. The molecule has 2 atom stereocenters. The molecule has 1 aromatic heterocycles. The SMILES string of the molecule is Nc1ncccc1C(O)C1CCCC(F)(F)C1. The number of anilines is 1. The normalized spacial score (nSPS) is 25.5. The first-order chi connectivity index (χ1) is 7.99. The van der Waals surface area contributed by atoms with Crippen molar-refractivity contribution in [2.45, 2.75) is 37.7 Å². The minimum atomic E-state index is -2.67. The molecule has 94 valence electrons. The first kappa shape index (κ1) is 12.2. The maximum Gasteiger partial charge on any atom is 0.248 e. The minimum Gasteiger partial charge on any atom is -0.388 e. The van der Waals surface area contributed by atoms with Gasteiger partial charge in [-0.2, -0.15) is 0 Å². The van der Waals surface area contributed by atoms with Crippen LogP contribution in [0, 0.1) is 5.92 Å². The minimum absolute atomic E-state index is 0.0846. The van der Waals surface area contributed by atoms with Crippen LogP contribution >= 0.6 is 0 Å². The Bertz CT molecular complexity index is 398. The third kappa shape index (κ3) is 2.72. The summed E-state index contributed by atoms with van der Waals surface area (Å²) in [4.78, 5) is 3.86. The average Bonchev–Trinajstić information content (AvgIpc) is 2.27. The van der Waals surface area contributed by atoms with E-state index in [1.54, 1.807) is 12.1 Å². The summed E-state index contributed by atoms with van der Waals surface area (Å²) in [5, 5.41) is 10.1. The quantitative estimate of drug-likeness (QED) is 0.837. The van der Waals surface area contributed by atoms with Gasteiger partial charge in [0.25, 0.3) is 0 Å². The molecule has 0 bridgehead atoms. The molecule has 17 heavy (non-hydrogen) atoms. The number of nitrogens with zero attached hydrogens (tertiary/aromatic N) is 1. The molecule has 1 fully saturated rings. The van der Waals surface area contributed by atoms with E-state index in [0.717, 1.165) is 0 Å². The summed E-state index contributed by atoms with van der Waals surface area (Å²) in [7, 11) is 0. The van der Waals surface area contributed by atoms with Gasteiger partial charge in [0.2, 0.25) is 5.92 Å². The second kappa shape index (κ2) is 4.56. The van der Waals surface area contributed by atoms with E-state index in [4.69, 9.17) is 5.73 Å². The Labute approximate surface area is 98.7 Å². The van der Waals surface area contributed by atoms with Crippen LogP contribution in [-0.2, 0) is 0 Å². The van der Waals surface area contributed by atoms with Crippen molar-refractivity contribution in [3.05, 3.63) is 23.9 Å². The molecule has 3 N–H and O–H groups in total.